The Morgan fingerprint density at radius 2 is 1.48 bits per heavy atom. The van der Waals surface area contributed by atoms with Gasteiger partial charge in [-0.3, -0.25) is 0 Å². The zero-order chi connectivity index (χ0) is 16.4. The van der Waals surface area contributed by atoms with E-state index in [4.69, 9.17) is 0 Å². The molecule has 0 fully saturated rings. The first-order valence-corrected chi connectivity index (χ1v) is 5.72. The Hall–Kier alpha value is -1.64. The first-order valence-electron chi connectivity index (χ1n) is 5.72. The lowest BCUT2D eigenvalue weighted by Crippen LogP contribution is -2.20. The largest absolute Gasteiger partial charge is 0.573 e. The van der Waals surface area contributed by atoms with E-state index < -0.39 is 36.2 Å². The number of aliphatic hydroxyl groups excluding tert-OH is 1. The van der Waals surface area contributed by atoms with E-state index >= 15 is 0 Å². The van der Waals surface area contributed by atoms with Crippen LogP contribution in [0.25, 0.3) is 0 Å². The van der Waals surface area contributed by atoms with Crippen molar-refractivity contribution in [2.75, 3.05) is 0 Å². The molecule has 1 aromatic carbocycles. The van der Waals surface area contributed by atoms with Crippen molar-refractivity contribution in [2.45, 2.75) is 32.7 Å². The standard InChI is InChI=1S/C12H12F6O3/c1-6(2)10(19)8-4-3-7(20-11(13,14)15)5-9(8)21-12(16,17)18/h3-6,10,19H,1-2H3. The van der Waals surface area contributed by atoms with Crippen molar-refractivity contribution in [1.29, 1.82) is 0 Å². The van der Waals surface area contributed by atoms with E-state index in [1.165, 1.54) is 13.8 Å². The number of rotatable bonds is 4. The van der Waals surface area contributed by atoms with Crippen LogP contribution in [0.4, 0.5) is 26.3 Å². The molecule has 0 spiro atoms. The van der Waals surface area contributed by atoms with Crippen LogP contribution in [0.5, 0.6) is 11.5 Å². The third kappa shape index (κ3) is 5.70. The number of alkyl halides is 6. The molecule has 0 heterocycles. The van der Waals surface area contributed by atoms with Crippen molar-refractivity contribution in [3.8, 4) is 11.5 Å². The van der Waals surface area contributed by atoms with E-state index in [-0.39, 0.29) is 5.56 Å². The monoisotopic (exact) mass is 318 g/mol. The lowest BCUT2D eigenvalue weighted by atomic mass is 9.98. The maximum atomic E-state index is 12.3. The van der Waals surface area contributed by atoms with Crippen LogP contribution in [0.3, 0.4) is 0 Å². The molecule has 3 nitrogen and oxygen atoms in total. The van der Waals surface area contributed by atoms with E-state index in [0.717, 1.165) is 12.1 Å². The van der Waals surface area contributed by atoms with Crippen molar-refractivity contribution in [3.05, 3.63) is 23.8 Å². The summed E-state index contributed by atoms with van der Waals surface area (Å²) >= 11 is 0. The first kappa shape index (κ1) is 17.4. The predicted octanol–water partition coefficient (Wildman–Crippen LogP) is 4.17. The second-order valence-corrected chi connectivity index (χ2v) is 4.48. The summed E-state index contributed by atoms with van der Waals surface area (Å²) in [5.41, 5.74) is -0.281. The Balaban J connectivity index is 3.20. The molecule has 1 rings (SSSR count). The van der Waals surface area contributed by atoms with Crippen LogP contribution in [0.1, 0.15) is 25.5 Å². The zero-order valence-corrected chi connectivity index (χ0v) is 10.9. The first-order chi connectivity index (χ1) is 9.39. The Bertz CT molecular complexity index is 481. The van der Waals surface area contributed by atoms with Crippen molar-refractivity contribution >= 4 is 0 Å². The molecule has 1 N–H and O–H groups in total. The molecule has 120 valence electrons. The van der Waals surface area contributed by atoms with Crippen LogP contribution in [0, 0.1) is 5.92 Å². The lowest BCUT2D eigenvalue weighted by Gasteiger charge is -2.20. The van der Waals surface area contributed by atoms with Gasteiger partial charge in [0.1, 0.15) is 11.5 Å². The van der Waals surface area contributed by atoms with Crippen LogP contribution < -0.4 is 9.47 Å². The van der Waals surface area contributed by atoms with Gasteiger partial charge >= 0.3 is 12.7 Å². The highest BCUT2D eigenvalue weighted by Crippen LogP contribution is 2.37. The highest BCUT2D eigenvalue weighted by molar-refractivity contribution is 5.42. The van der Waals surface area contributed by atoms with E-state index in [0.29, 0.717) is 6.07 Å². The number of aliphatic hydroxyl groups is 1. The molecule has 0 aliphatic heterocycles. The summed E-state index contributed by atoms with van der Waals surface area (Å²) in [6.07, 6.45) is -11.5. The molecule has 0 aliphatic rings. The van der Waals surface area contributed by atoms with Crippen molar-refractivity contribution in [3.63, 3.8) is 0 Å². The second-order valence-electron chi connectivity index (χ2n) is 4.48. The number of benzene rings is 1. The van der Waals surface area contributed by atoms with Gasteiger partial charge < -0.3 is 14.6 Å². The van der Waals surface area contributed by atoms with Gasteiger partial charge in [0.25, 0.3) is 0 Å². The SMILES string of the molecule is CC(C)C(O)c1ccc(OC(F)(F)F)cc1OC(F)(F)F. The van der Waals surface area contributed by atoms with Gasteiger partial charge in [-0.25, -0.2) is 0 Å². The highest BCUT2D eigenvalue weighted by Gasteiger charge is 2.35. The summed E-state index contributed by atoms with van der Waals surface area (Å²) < 4.78 is 80.2. The Morgan fingerprint density at radius 3 is 1.90 bits per heavy atom. The topological polar surface area (TPSA) is 38.7 Å². The second kappa shape index (κ2) is 6.00. The van der Waals surface area contributed by atoms with Gasteiger partial charge in [0.15, 0.2) is 0 Å². The van der Waals surface area contributed by atoms with Crippen LogP contribution in [0.15, 0.2) is 18.2 Å². The summed E-state index contributed by atoms with van der Waals surface area (Å²) in [4.78, 5) is 0. The molecular weight excluding hydrogens is 306 g/mol. The maximum absolute atomic E-state index is 12.3. The molecule has 1 atom stereocenters. The number of ether oxygens (including phenoxy) is 2. The van der Waals surface area contributed by atoms with Crippen LogP contribution in [0.2, 0.25) is 0 Å². The Kier molecular flexibility index (Phi) is 4.98. The molecule has 0 radical (unpaired) electrons. The molecule has 1 aromatic rings. The number of hydrogen-bond donors (Lipinski definition) is 1. The van der Waals surface area contributed by atoms with Gasteiger partial charge in [-0.05, 0) is 18.1 Å². The van der Waals surface area contributed by atoms with Crippen molar-refractivity contribution in [2.24, 2.45) is 5.92 Å². The third-order valence-corrected chi connectivity index (χ3v) is 2.39. The fourth-order valence-corrected chi connectivity index (χ4v) is 1.53. The van der Waals surface area contributed by atoms with E-state index in [1.54, 1.807) is 0 Å². The summed E-state index contributed by atoms with van der Waals surface area (Å²) in [5.74, 6) is -2.28. The van der Waals surface area contributed by atoms with Crippen LogP contribution >= 0.6 is 0 Å². The molecular formula is C12H12F6O3. The van der Waals surface area contributed by atoms with Gasteiger partial charge in [0.2, 0.25) is 0 Å². The molecule has 0 aromatic heterocycles. The lowest BCUT2D eigenvalue weighted by molar-refractivity contribution is -0.276. The summed E-state index contributed by atoms with van der Waals surface area (Å²) in [6, 6.07) is 2.13. The zero-order valence-electron chi connectivity index (χ0n) is 10.9. The number of hydrogen-bond acceptors (Lipinski definition) is 3. The van der Waals surface area contributed by atoms with E-state index in [1.807, 2.05) is 0 Å². The third-order valence-electron chi connectivity index (χ3n) is 2.39. The van der Waals surface area contributed by atoms with Gasteiger partial charge in [-0.15, -0.1) is 26.3 Å². The smallest absolute Gasteiger partial charge is 0.406 e. The van der Waals surface area contributed by atoms with Crippen LogP contribution in [-0.2, 0) is 0 Å². The minimum absolute atomic E-state index is 0.281. The highest BCUT2D eigenvalue weighted by atomic mass is 19.4. The van der Waals surface area contributed by atoms with Crippen molar-refractivity contribution in [1.82, 2.24) is 0 Å². The Labute approximate surface area is 116 Å². The summed E-state index contributed by atoms with van der Waals surface area (Å²) in [6.45, 7) is 3.06. The average Bonchev–Trinajstić information content (AvgIpc) is 2.23. The van der Waals surface area contributed by atoms with Gasteiger partial charge in [-0.2, -0.15) is 0 Å². The quantitative estimate of drug-likeness (QED) is 0.847. The maximum Gasteiger partial charge on any atom is 0.573 e. The molecule has 0 aliphatic carbocycles. The molecule has 0 amide bonds. The Morgan fingerprint density at radius 1 is 0.952 bits per heavy atom. The predicted molar refractivity (Wildman–Crippen MR) is 59.6 cm³/mol. The molecule has 1 unspecified atom stereocenters. The van der Waals surface area contributed by atoms with Gasteiger partial charge in [0, 0.05) is 11.6 Å². The van der Waals surface area contributed by atoms with Crippen LogP contribution in [-0.4, -0.2) is 17.8 Å². The molecule has 0 saturated heterocycles. The summed E-state index contributed by atoms with van der Waals surface area (Å²) in [5, 5.41) is 9.79. The minimum Gasteiger partial charge on any atom is -0.406 e. The molecule has 0 saturated carbocycles. The summed E-state index contributed by atoms with van der Waals surface area (Å²) in [7, 11) is 0. The fraction of sp³-hybridized carbons (Fsp3) is 0.500. The molecule has 0 bridgehead atoms. The fourth-order valence-electron chi connectivity index (χ4n) is 1.53. The van der Waals surface area contributed by atoms with Crippen molar-refractivity contribution < 1.29 is 40.9 Å². The normalized spacial score (nSPS) is 14.2. The number of halogens is 6. The average molecular weight is 318 g/mol. The van der Waals surface area contributed by atoms with Gasteiger partial charge in [-0.1, -0.05) is 13.8 Å². The minimum atomic E-state index is -5.11. The van der Waals surface area contributed by atoms with Gasteiger partial charge in [0.05, 0.1) is 6.10 Å². The molecule has 9 heteroatoms. The van der Waals surface area contributed by atoms with E-state index in [9.17, 15) is 31.4 Å². The van der Waals surface area contributed by atoms with E-state index in [2.05, 4.69) is 9.47 Å². The molecule has 21 heavy (non-hydrogen) atoms.